The molecule has 0 aromatic carbocycles. The van der Waals surface area contributed by atoms with Crippen molar-refractivity contribution in [1.29, 1.82) is 0 Å². The minimum absolute atomic E-state index is 0. The first-order valence-electron chi connectivity index (χ1n) is 9.92. The van der Waals surface area contributed by atoms with Gasteiger partial charge in [0.25, 0.3) is 0 Å². The molecular weight excluding hydrogens is 441 g/mol. The quantitative estimate of drug-likeness (QED) is 0.411. The molecular formula is C19H34IN5O. The molecule has 0 amide bonds. The Balaban J connectivity index is 0.00000243. The lowest BCUT2D eigenvalue weighted by molar-refractivity contribution is 0.168. The van der Waals surface area contributed by atoms with E-state index in [-0.39, 0.29) is 24.0 Å². The number of nitrogens with one attached hydrogen (secondary N) is 1. The molecule has 0 bridgehead atoms. The van der Waals surface area contributed by atoms with E-state index in [0.29, 0.717) is 0 Å². The first-order valence-corrected chi connectivity index (χ1v) is 9.92. The topological polar surface area (TPSA) is 56.9 Å². The second-order valence-electron chi connectivity index (χ2n) is 7.39. The van der Waals surface area contributed by atoms with Crippen LogP contribution in [-0.4, -0.2) is 60.7 Å². The third-order valence-electron chi connectivity index (χ3n) is 5.53. The van der Waals surface area contributed by atoms with Crippen LogP contribution in [0.4, 0.5) is 0 Å². The smallest absolute Gasteiger partial charge is 0.193 e. The van der Waals surface area contributed by atoms with Crippen LogP contribution in [-0.2, 0) is 6.54 Å². The minimum atomic E-state index is 0. The number of nitrogens with zero attached hydrogens (tertiary/aromatic N) is 4. The first-order chi connectivity index (χ1) is 12.3. The molecule has 0 atom stereocenters. The third kappa shape index (κ3) is 6.72. The standard InChI is InChI=1S/C19H33N5O.HI/c1-20-19(21-15-17-7-5-3-2-4-6-8-17)24-12-10-23(11-13-24)16-18-9-14-25-22-18;/h9,14,17H,2-8,10-13,15-16H2,1H3,(H,20,21);1H. The van der Waals surface area contributed by atoms with E-state index in [2.05, 4.69) is 25.3 Å². The summed E-state index contributed by atoms with van der Waals surface area (Å²) in [6.45, 7) is 6.06. The molecule has 0 radical (unpaired) electrons. The molecule has 1 aromatic heterocycles. The zero-order valence-corrected chi connectivity index (χ0v) is 18.4. The van der Waals surface area contributed by atoms with Gasteiger partial charge < -0.3 is 14.7 Å². The van der Waals surface area contributed by atoms with Crippen LogP contribution in [0.25, 0.3) is 0 Å². The first kappa shape index (κ1) is 21.5. The van der Waals surface area contributed by atoms with Crippen molar-refractivity contribution in [3.63, 3.8) is 0 Å². The summed E-state index contributed by atoms with van der Waals surface area (Å²) in [5.41, 5.74) is 1.01. The summed E-state index contributed by atoms with van der Waals surface area (Å²) in [7, 11) is 1.90. The Morgan fingerprint density at radius 2 is 1.85 bits per heavy atom. The van der Waals surface area contributed by atoms with Gasteiger partial charge in [0.15, 0.2) is 5.96 Å². The van der Waals surface area contributed by atoms with E-state index < -0.39 is 0 Å². The largest absolute Gasteiger partial charge is 0.364 e. The second-order valence-corrected chi connectivity index (χ2v) is 7.39. The molecule has 1 saturated heterocycles. The van der Waals surface area contributed by atoms with Gasteiger partial charge in [0.2, 0.25) is 0 Å². The van der Waals surface area contributed by atoms with Gasteiger partial charge in [-0.2, -0.15) is 0 Å². The van der Waals surface area contributed by atoms with Gasteiger partial charge in [0, 0.05) is 52.4 Å². The fraction of sp³-hybridized carbons (Fsp3) is 0.789. The van der Waals surface area contributed by atoms with E-state index in [1.165, 1.54) is 44.9 Å². The molecule has 0 unspecified atom stereocenters. The molecule has 2 fully saturated rings. The Morgan fingerprint density at radius 1 is 1.15 bits per heavy atom. The molecule has 7 heteroatoms. The van der Waals surface area contributed by atoms with Gasteiger partial charge in [-0.05, 0) is 18.8 Å². The molecule has 6 nitrogen and oxygen atoms in total. The monoisotopic (exact) mass is 475 g/mol. The molecule has 1 aliphatic heterocycles. The lowest BCUT2D eigenvalue weighted by Crippen LogP contribution is -2.52. The van der Waals surface area contributed by atoms with Gasteiger partial charge >= 0.3 is 0 Å². The van der Waals surface area contributed by atoms with Crippen molar-refractivity contribution in [2.24, 2.45) is 10.9 Å². The van der Waals surface area contributed by atoms with Crippen molar-refractivity contribution in [2.45, 2.75) is 51.5 Å². The highest BCUT2D eigenvalue weighted by Crippen LogP contribution is 2.21. The molecule has 0 spiro atoms. The van der Waals surface area contributed by atoms with Crippen LogP contribution >= 0.6 is 24.0 Å². The normalized spacial score (nSPS) is 21.0. The zero-order valence-electron chi connectivity index (χ0n) is 16.0. The molecule has 1 saturated carbocycles. The van der Waals surface area contributed by atoms with Crippen molar-refractivity contribution in [3.05, 3.63) is 18.0 Å². The number of hydrogen-bond donors (Lipinski definition) is 1. The Bertz CT molecular complexity index is 506. The minimum Gasteiger partial charge on any atom is -0.364 e. The van der Waals surface area contributed by atoms with Crippen LogP contribution in [0.5, 0.6) is 0 Å². The highest BCUT2D eigenvalue weighted by atomic mass is 127. The molecule has 2 aliphatic rings. The van der Waals surface area contributed by atoms with E-state index in [9.17, 15) is 0 Å². The summed E-state index contributed by atoms with van der Waals surface area (Å²) in [6, 6.07) is 1.95. The number of guanidine groups is 1. The van der Waals surface area contributed by atoms with E-state index in [4.69, 9.17) is 4.52 Å². The van der Waals surface area contributed by atoms with Gasteiger partial charge in [0.1, 0.15) is 6.26 Å². The summed E-state index contributed by atoms with van der Waals surface area (Å²) in [5, 5.41) is 7.66. The molecule has 3 rings (SSSR count). The maximum Gasteiger partial charge on any atom is 0.193 e. The fourth-order valence-corrected chi connectivity index (χ4v) is 3.98. The van der Waals surface area contributed by atoms with Crippen LogP contribution in [0.1, 0.15) is 50.6 Å². The van der Waals surface area contributed by atoms with Gasteiger partial charge in [0.05, 0.1) is 5.69 Å². The Labute approximate surface area is 174 Å². The summed E-state index contributed by atoms with van der Waals surface area (Å²) >= 11 is 0. The van der Waals surface area contributed by atoms with Crippen molar-refractivity contribution < 1.29 is 4.52 Å². The van der Waals surface area contributed by atoms with E-state index in [1.807, 2.05) is 13.1 Å². The van der Waals surface area contributed by atoms with Gasteiger partial charge in [-0.3, -0.25) is 9.89 Å². The lowest BCUT2D eigenvalue weighted by atomic mass is 9.91. The van der Waals surface area contributed by atoms with Crippen LogP contribution in [0.2, 0.25) is 0 Å². The van der Waals surface area contributed by atoms with Gasteiger partial charge in [-0.15, -0.1) is 24.0 Å². The Morgan fingerprint density at radius 3 is 2.46 bits per heavy atom. The van der Waals surface area contributed by atoms with Crippen molar-refractivity contribution >= 4 is 29.9 Å². The third-order valence-corrected chi connectivity index (χ3v) is 5.53. The average molecular weight is 475 g/mol. The zero-order chi connectivity index (χ0) is 17.3. The van der Waals surface area contributed by atoms with Crippen molar-refractivity contribution in [2.75, 3.05) is 39.8 Å². The predicted molar refractivity (Wildman–Crippen MR) is 116 cm³/mol. The molecule has 1 N–H and O–H groups in total. The van der Waals surface area contributed by atoms with Crippen LogP contribution < -0.4 is 5.32 Å². The van der Waals surface area contributed by atoms with E-state index in [1.54, 1.807) is 6.26 Å². The molecule has 1 aliphatic carbocycles. The number of aliphatic imine (C=N–C) groups is 1. The van der Waals surface area contributed by atoms with Crippen LogP contribution in [0.15, 0.2) is 21.8 Å². The molecule has 26 heavy (non-hydrogen) atoms. The Hall–Kier alpha value is -0.830. The van der Waals surface area contributed by atoms with E-state index in [0.717, 1.165) is 56.8 Å². The van der Waals surface area contributed by atoms with E-state index >= 15 is 0 Å². The summed E-state index contributed by atoms with van der Waals surface area (Å²) < 4.78 is 4.92. The SMILES string of the molecule is CN=C(NCC1CCCCCCC1)N1CCN(Cc2ccon2)CC1.I. The number of rotatable bonds is 4. The van der Waals surface area contributed by atoms with Gasteiger partial charge in [-0.25, -0.2) is 0 Å². The van der Waals surface area contributed by atoms with Crippen LogP contribution in [0.3, 0.4) is 0 Å². The van der Waals surface area contributed by atoms with Crippen molar-refractivity contribution in [3.8, 4) is 0 Å². The number of hydrogen-bond acceptors (Lipinski definition) is 4. The second kappa shape index (κ2) is 11.8. The highest BCUT2D eigenvalue weighted by Gasteiger charge is 2.21. The maximum absolute atomic E-state index is 4.92. The molecule has 1 aromatic rings. The lowest BCUT2D eigenvalue weighted by Gasteiger charge is -2.36. The number of aromatic nitrogens is 1. The van der Waals surface area contributed by atoms with Crippen molar-refractivity contribution in [1.82, 2.24) is 20.3 Å². The Kier molecular flexibility index (Phi) is 9.74. The summed E-state index contributed by atoms with van der Waals surface area (Å²) in [6.07, 6.45) is 11.4. The highest BCUT2D eigenvalue weighted by molar-refractivity contribution is 14.0. The number of halogens is 1. The predicted octanol–water partition coefficient (Wildman–Crippen LogP) is 3.35. The number of piperazine rings is 1. The summed E-state index contributed by atoms with van der Waals surface area (Å²) in [5.74, 6) is 1.88. The molecule has 2 heterocycles. The maximum atomic E-state index is 4.92. The van der Waals surface area contributed by atoms with Gasteiger partial charge in [-0.1, -0.05) is 37.3 Å². The fourth-order valence-electron chi connectivity index (χ4n) is 3.98. The summed E-state index contributed by atoms with van der Waals surface area (Å²) in [4.78, 5) is 9.34. The average Bonchev–Trinajstić information content (AvgIpc) is 3.11. The molecule has 148 valence electrons. The van der Waals surface area contributed by atoms with Crippen LogP contribution in [0, 0.1) is 5.92 Å².